The second-order valence-corrected chi connectivity index (χ2v) is 7.40. The average molecular weight is 297 g/mol. The van der Waals surface area contributed by atoms with Gasteiger partial charge in [-0.3, -0.25) is 0 Å². The topological polar surface area (TPSA) is 62.4 Å². The predicted molar refractivity (Wildman–Crippen MR) is 84.4 cm³/mol. The maximum Gasteiger partial charge on any atom is 0.407 e. The van der Waals surface area contributed by atoms with Gasteiger partial charge in [-0.2, -0.15) is 0 Å². The molecule has 0 radical (unpaired) electrons. The van der Waals surface area contributed by atoms with E-state index in [0.717, 1.165) is 38.8 Å². The van der Waals surface area contributed by atoms with Crippen LogP contribution in [0.4, 0.5) is 4.79 Å². The summed E-state index contributed by atoms with van der Waals surface area (Å²) >= 11 is 0. The van der Waals surface area contributed by atoms with Gasteiger partial charge in [0.15, 0.2) is 0 Å². The van der Waals surface area contributed by atoms with Crippen molar-refractivity contribution in [2.75, 3.05) is 13.1 Å². The minimum atomic E-state index is -0.420. The molecule has 1 saturated heterocycles. The van der Waals surface area contributed by atoms with Gasteiger partial charge in [0.2, 0.25) is 0 Å². The van der Waals surface area contributed by atoms with E-state index in [9.17, 15) is 4.79 Å². The summed E-state index contributed by atoms with van der Waals surface area (Å²) in [6.45, 7) is 7.93. The molecule has 3 N–H and O–H groups in total. The van der Waals surface area contributed by atoms with Crippen LogP contribution < -0.4 is 16.0 Å². The van der Waals surface area contributed by atoms with Gasteiger partial charge < -0.3 is 20.7 Å². The number of carbonyl (C=O) groups excluding carboxylic acids is 1. The van der Waals surface area contributed by atoms with Crippen LogP contribution in [0.15, 0.2) is 0 Å². The largest absolute Gasteiger partial charge is 0.444 e. The molecule has 2 rings (SSSR count). The monoisotopic (exact) mass is 297 g/mol. The maximum absolute atomic E-state index is 11.8. The van der Waals surface area contributed by atoms with Gasteiger partial charge in [-0.15, -0.1) is 0 Å². The fourth-order valence-electron chi connectivity index (χ4n) is 3.21. The van der Waals surface area contributed by atoms with E-state index in [1.165, 1.54) is 12.8 Å². The number of amides is 1. The molecule has 1 heterocycles. The highest BCUT2D eigenvalue weighted by molar-refractivity contribution is 5.68. The zero-order chi connectivity index (χ0) is 15.3. The first-order chi connectivity index (χ1) is 9.92. The van der Waals surface area contributed by atoms with Crippen molar-refractivity contribution in [3.05, 3.63) is 0 Å². The number of rotatable bonds is 3. The molecule has 1 unspecified atom stereocenters. The third-order valence-corrected chi connectivity index (χ3v) is 4.22. The Morgan fingerprint density at radius 3 is 2.29 bits per heavy atom. The van der Waals surface area contributed by atoms with E-state index in [1.54, 1.807) is 0 Å². The summed E-state index contributed by atoms with van der Waals surface area (Å²) in [6.07, 6.45) is 6.62. The van der Waals surface area contributed by atoms with E-state index in [4.69, 9.17) is 4.74 Å². The Morgan fingerprint density at radius 1 is 1.05 bits per heavy atom. The third kappa shape index (κ3) is 6.22. The molecule has 0 bridgehead atoms. The van der Waals surface area contributed by atoms with Crippen LogP contribution in [0.1, 0.15) is 59.3 Å². The van der Waals surface area contributed by atoms with Crippen LogP contribution in [0.2, 0.25) is 0 Å². The molecule has 1 amide bonds. The summed E-state index contributed by atoms with van der Waals surface area (Å²) in [7, 11) is 0. The lowest BCUT2D eigenvalue weighted by molar-refractivity contribution is 0.0489. The summed E-state index contributed by atoms with van der Waals surface area (Å²) in [5.41, 5.74) is -0.420. The van der Waals surface area contributed by atoms with Crippen LogP contribution >= 0.6 is 0 Å². The van der Waals surface area contributed by atoms with Crippen molar-refractivity contribution in [1.82, 2.24) is 16.0 Å². The van der Waals surface area contributed by atoms with Crippen LogP contribution in [0.25, 0.3) is 0 Å². The molecule has 1 atom stereocenters. The third-order valence-electron chi connectivity index (χ3n) is 4.22. The maximum atomic E-state index is 11.8. The van der Waals surface area contributed by atoms with Gasteiger partial charge in [0.05, 0.1) is 0 Å². The Labute approximate surface area is 128 Å². The van der Waals surface area contributed by atoms with Gasteiger partial charge in [0.25, 0.3) is 0 Å². The number of hydrogen-bond acceptors (Lipinski definition) is 4. The van der Waals surface area contributed by atoms with Crippen molar-refractivity contribution in [1.29, 1.82) is 0 Å². The second-order valence-electron chi connectivity index (χ2n) is 7.40. The number of hydrogen-bond donors (Lipinski definition) is 3. The normalized spacial score (nSPS) is 30.7. The first-order valence-electron chi connectivity index (χ1n) is 8.38. The SMILES string of the molecule is CC(C)(C)OC(=O)NC1CCC(NC2CCCNC2)CC1. The summed E-state index contributed by atoms with van der Waals surface area (Å²) in [5.74, 6) is 0. The summed E-state index contributed by atoms with van der Waals surface area (Å²) in [5, 5.41) is 10.2. The van der Waals surface area contributed by atoms with E-state index in [0.29, 0.717) is 12.1 Å². The first kappa shape index (κ1) is 16.6. The van der Waals surface area contributed by atoms with E-state index in [-0.39, 0.29) is 12.1 Å². The minimum absolute atomic E-state index is 0.266. The van der Waals surface area contributed by atoms with Gasteiger partial charge in [0.1, 0.15) is 5.60 Å². The lowest BCUT2D eigenvalue weighted by Crippen LogP contribution is -2.50. The van der Waals surface area contributed by atoms with Gasteiger partial charge in [0, 0.05) is 24.7 Å². The molecule has 2 aliphatic rings. The van der Waals surface area contributed by atoms with Crippen molar-refractivity contribution in [2.45, 2.75) is 83.0 Å². The summed E-state index contributed by atoms with van der Waals surface area (Å²) < 4.78 is 5.31. The van der Waals surface area contributed by atoms with E-state index >= 15 is 0 Å². The Bertz CT molecular complexity index is 327. The molecule has 1 aliphatic heterocycles. The van der Waals surface area contributed by atoms with Gasteiger partial charge in [-0.25, -0.2) is 4.79 Å². The number of ether oxygens (including phenoxy) is 1. The van der Waals surface area contributed by atoms with Crippen LogP contribution in [0, 0.1) is 0 Å². The lowest BCUT2D eigenvalue weighted by Gasteiger charge is -2.34. The van der Waals surface area contributed by atoms with Crippen molar-refractivity contribution in [2.24, 2.45) is 0 Å². The summed E-state index contributed by atoms with van der Waals surface area (Å²) in [4.78, 5) is 11.8. The molecular weight excluding hydrogens is 266 g/mol. The minimum Gasteiger partial charge on any atom is -0.444 e. The Morgan fingerprint density at radius 2 is 1.71 bits per heavy atom. The van der Waals surface area contributed by atoms with Crippen LogP contribution in [-0.4, -0.2) is 42.9 Å². The highest BCUT2D eigenvalue weighted by Crippen LogP contribution is 2.20. The molecule has 1 saturated carbocycles. The molecule has 5 heteroatoms. The predicted octanol–water partition coefficient (Wildman–Crippen LogP) is 2.16. The molecule has 0 aromatic heterocycles. The molecule has 122 valence electrons. The van der Waals surface area contributed by atoms with E-state index in [2.05, 4.69) is 16.0 Å². The lowest BCUT2D eigenvalue weighted by atomic mass is 9.90. The Hall–Kier alpha value is -0.810. The Balaban J connectivity index is 1.64. The number of alkyl carbamates (subject to hydrolysis) is 1. The molecule has 2 fully saturated rings. The zero-order valence-corrected chi connectivity index (χ0v) is 13.7. The van der Waals surface area contributed by atoms with Crippen molar-refractivity contribution >= 4 is 6.09 Å². The molecule has 0 spiro atoms. The van der Waals surface area contributed by atoms with Crippen molar-refractivity contribution < 1.29 is 9.53 Å². The van der Waals surface area contributed by atoms with Crippen LogP contribution in [0.5, 0.6) is 0 Å². The number of carbonyl (C=O) groups is 1. The smallest absolute Gasteiger partial charge is 0.407 e. The molecule has 1 aliphatic carbocycles. The fraction of sp³-hybridized carbons (Fsp3) is 0.938. The van der Waals surface area contributed by atoms with Gasteiger partial charge in [-0.05, 0) is 65.8 Å². The van der Waals surface area contributed by atoms with Crippen molar-refractivity contribution in [3.63, 3.8) is 0 Å². The second kappa shape index (κ2) is 7.45. The quantitative estimate of drug-likeness (QED) is 0.747. The number of piperidine rings is 1. The standard InChI is InChI=1S/C16H31N3O2/c1-16(2,3)21-15(20)19-13-8-6-12(7-9-13)18-14-5-4-10-17-11-14/h12-14,17-18H,4-11H2,1-3H3,(H,19,20). The summed E-state index contributed by atoms with van der Waals surface area (Å²) in [6, 6.07) is 1.49. The van der Waals surface area contributed by atoms with Crippen molar-refractivity contribution in [3.8, 4) is 0 Å². The fourth-order valence-corrected chi connectivity index (χ4v) is 3.21. The molecular formula is C16H31N3O2. The zero-order valence-electron chi connectivity index (χ0n) is 13.7. The molecule has 5 nitrogen and oxygen atoms in total. The van der Waals surface area contributed by atoms with Crippen LogP contribution in [0.3, 0.4) is 0 Å². The number of nitrogens with one attached hydrogen (secondary N) is 3. The average Bonchev–Trinajstić information content (AvgIpc) is 2.40. The highest BCUT2D eigenvalue weighted by Gasteiger charge is 2.26. The molecule has 21 heavy (non-hydrogen) atoms. The first-order valence-corrected chi connectivity index (χ1v) is 8.38. The molecule has 0 aromatic carbocycles. The van der Waals surface area contributed by atoms with Gasteiger partial charge in [-0.1, -0.05) is 0 Å². The van der Waals surface area contributed by atoms with Gasteiger partial charge >= 0.3 is 6.09 Å². The highest BCUT2D eigenvalue weighted by atomic mass is 16.6. The van der Waals surface area contributed by atoms with E-state index in [1.807, 2.05) is 20.8 Å². The molecule has 0 aromatic rings. The Kier molecular flexibility index (Phi) is 5.88. The van der Waals surface area contributed by atoms with E-state index < -0.39 is 5.60 Å². The van der Waals surface area contributed by atoms with Crippen LogP contribution in [-0.2, 0) is 4.74 Å².